The molecule has 0 saturated heterocycles. The Balaban J connectivity index is 1.48. The zero-order valence-corrected chi connectivity index (χ0v) is 20.1. The third-order valence-electron chi connectivity index (χ3n) is 6.03. The first kappa shape index (κ1) is 23.7. The zero-order chi connectivity index (χ0) is 23.9. The molecule has 4 aromatic rings. The average molecular weight is 469 g/mol. The molecule has 3 nitrogen and oxygen atoms in total. The molecule has 0 fully saturated rings. The van der Waals surface area contributed by atoms with Crippen LogP contribution in [0.3, 0.4) is 0 Å². The van der Waals surface area contributed by atoms with Crippen LogP contribution in [-0.4, -0.2) is 17.9 Å². The summed E-state index contributed by atoms with van der Waals surface area (Å²) in [6, 6.07) is 35.1. The highest BCUT2D eigenvalue weighted by molar-refractivity contribution is 6.30. The summed E-state index contributed by atoms with van der Waals surface area (Å²) in [7, 11) is 2.12. The predicted molar refractivity (Wildman–Crippen MR) is 141 cm³/mol. The van der Waals surface area contributed by atoms with E-state index < -0.39 is 0 Å². The fourth-order valence-corrected chi connectivity index (χ4v) is 4.42. The number of primary amides is 1. The minimum atomic E-state index is -0.307. The van der Waals surface area contributed by atoms with Gasteiger partial charge in [-0.2, -0.15) is 0 Å². The monoisotopic (exact) mass is 468 g/mol. The lowest BCUT2D eigenvalue weighted by atomic mass is 9.87. The van der Waals surface area contributed by atoms with E-state index in [-0.39, 0.29) is 18.2 Å². The molecule has 1 atom stereocenters. The Hall–Kier alpha value is -3.40. The van der Waals surface area contributed by atoms with E-state index in [1.807, 2.05) is 30.3 Å². The first-order chi connectivity index (χ1) is 16.5. The molecule has 34 heavy (non-hydrogen) atoms. The third-order valence-corrected chi connectivity index (χ3v) is 6.28. The lowest BCUT2D eigenvalue weighted by Gasteiger charge is -2.19. The van der Waals surface area contributed by atoms with Crippen molar-refractivity contribution in [3.8, 4) is 11.1 Å². The Labute approximate surface area is 206 Å². The van der Waals surface area contributed by atoms with Gasteiger partial charge in [0.1, 0.15) is 0 Å². The molecule has 4 rings (SSSR count). The molecule has 0 bridgehead atoms. The number of halogens is 1. The Bertz CT molecular complexity index is 1200. The van der Waals surface area contributed by atoms with Crippen LogP contribution in [0.4, 0.5) is 0 Å². The van der Waals surface area contributed by atoms with Crippen LogP contribution in [0, 0.1) is 0 Å². The van der Waals surface area contributed by atoms with Gasteiger partial charge < -0.3 is 5.73 Å². The lowest BCUT2D eigenvalue weighted by Crippen LogP contribution is -2.18. The highest BCUT2D eigenvalue weighted by atomic mass is 35.5. The van der Waals surface area contributed by atoms with Crippen LogP contribution in [0.5, 0.6) is 0 Å². The lowest BCUT2D eigenvalue weighted by molar-refractivity contribution is -0.118. The van der Waals surface area contributed by atoms with Crippen molar-refractivity contribution in [3.63, 3.8) is 0 Å². The molecule has 0 aromatic heterocycles. The minimum Gasteiger partial charge on any atom is -0.370 e. The van der Waals surface area contributed by atoms with Gasteiger partial charge in [0, 0.05) is 30.5 Å². The molecular weight excluding hydrogens is 440 g/mol. The second-order valence-corrected chi connectivity index (χ2v) is 9.19. The number of hydrogen-bond acceptors (Lipinski definition) is 2. The third kappa shape index (κ3) is 6.34. The molecule has 1 amide bonds. The molecule has 172 valence electrons. The van der Waals surface area contributed by atoms with Crippen molar-refractivity contribution in [2.45, 2.75) is 25.4 Å². The number of carbonyl (C=O) groups excluding carboxylic acids is 1. The topological polar surface area (TPSA) is 46.3 Å². The van der Waals surface area contributed by atoms with Gasteiger partial charge in [-0.1, -0.05) is 103 Å². The molecular formula is C30H29ClN2O. The van der Waals surface area contributed by atoms with Gasteiger partial charge in [-0.25, -0.2) is 0 Å². The first-order valence-corrected chi connectivity index (χ1v) is 11.8. The van der Waals surface area contributed by atoms with Crippen molar-refractivity contribution < 1.29 is 4.79 Å². The Morgan fingerprint density at radius 2 is 1.21 bits per heavy atom. The molecule has 0 aliphatic rings. The van der Waals surface area contributed by atoms with E-state index in [0.29, 0.717) is 0 Å². The maximum atomic E-state index is 11.9. The van der Waals surface area contributed by atoms with Crippen LogP contribution in [0.25, 0.3) is 11.1 Å². The quantitative estimate of drug-likeness (QED) is 0.299. The normalized spacial score (nSPS) is 12.0. The molecule has 0 radical (unpaired) electrons. The number of benzene rings is 4. The van der Waals surface area contributed by atoms with Crippen molar-refractivity contribution in [1.29, 1.82) is 0 Å². The van der Waals surface area contributed by atoms with Crippen molar-refractivity contribution in [2.75, 3.05) is 7.05 Å². The van der Waals surface area contributed by atoms with Gasteiger partial charge in [-0.3, -0.25) is 9.69 Å². The molecule has 4 heteroatoms. The van der Waals surface area contributed by atoms with E-state index in [4.69, 9.17) is 17.3 Å². The summed E-state index contributed by atoms with van der Waals surface area (Å²) in [6.45, 7) is 1.75. The highest BCUT2D eigenvalue weighted by Gasteiger charge is 2.17. The molecule has 0 aliphatic carbocycles. The van der Waals surface area contributed by atoms with Crippen LogP contribution in [0.15, 0.2) is 103 Å². The van der Waals surface area contributed by atoms with Crippen molar-refractivity contribution in [3.05, 3.63) is 130 Å². The van der Waals surface area contributed by atoms with Crippen LogP contribution >= 0.6 is 11.6 Å². The second kappa shape index (κ2) is 11.1. The number of nitrogens with zero attached hydrogens (tertiary/aromatic N) is 1. The number of carbonyl (C=O) groups is 1. The Morgan fingerprint density at radius 3 is 1.74 bits per heavy atom. The van der Waals surface area contributed by atoms with Crippen molar-refractivity contribution in [2.24, 2.45) is 5.73 Å². The van der Waals surface area contributed by atoms with Crippen LogP contribution in [-0.2, 0) is 17.9 Å². The summed E-state index contributed by atoms with van der Waals surface area (Å²) >= 11 is 6.01. The van der Waals surface area contributed by atoms with Gasteiger partial charge in [0.2, 0.25) is 5.91 Å². The van der Waals surface area contributed by atoms with E-state index in [2.05, 4.69) is 84.7 Å². The summed E-state index contributed by atoms with van der Waals surface area (Å²) in [5.74, 6) is -0.383. The van der Waals surface area contributed by atoms with Gasteiger partial charge in [-0.15, -0.1) is 0 Å². The minimum absolute atomic E-state index is 0.0760. The fraction of sp³-hybridized carbons (Fsp3) is 0.167. The van der Waals surface area contributed by atoms with Crippen molar-refractivity contribution in [1.82, 2.24) is 4.90 Å². The molecule has 0 saturated carbocycles. The van der Waals surface area contributed by atoms with Crippen molar-refractivity contribution >= 4 is 17.5 Å². The molecule has 0 heterocycles. The number of rotatable bonds is 9. The second-order valence-electron chi connectivity index (χ2n) is 8.75. The zero-order valence-electron chi connectivity index (χ0n) is 19.3. The van der Waals surface area contributed by atoms with E-state index in [1.165, 1.54) is 11.1 Å². The predicted octanol–water partition coefficient (Wildman–Crippen LogP) is 6.65. The van der Waals surface area contributed by atoms with Gasteiger partial charge in [0.25, 0.3) is 0 Å². The Morgan fingerprint density at radius 1 is 0.735 bits per heavy atom. The van der Waals surface area contributed by atoms with Crippen LogP contribution in [0.1, 0.15) is 34.6 Å². The number of amides is 1. The maximum Gasteiger partial charge on any atom is 0.218 e. The molecule has 0 spiro atoms. The van der Waals surface area contributed by atoms with E-state index in [0.717, 1.165) is 40.4 Å². The summed E-state index contributed by atoms with van der Waals surface area (Å²) in [5, 5.41) is 0.719. The molecule has 0 aliphatic heterocycles. The Kier molecular flexibility index (Phi) is 7.79. The van der Waals surface area contributed by atoms with Crippen LogP contribution < -0.4 is 5.73 Å². The summed E-state index contributed by atoms with van der Waals surface area (Å²) in [5.41, 5.74) is 12.5. The van der Waals surface area contributed by atoms with Gasteiger partial charge in [-0.05, 0) is 52.6 Å². The van der Waals surface area contributed by atoms with Gasteiger partial charge >= 0.3 is 0 Å². The van der Waals surface area contributed by atoms with E-state index in [1.54, 1.807) is 0 Å². The van der Waals surface area contributed by atoms with E-state index >= 15 is 0 Å². The van der Waals surface area contributed by atoms with Gasteiger partial charge in [0.05, 0.1) is 0 Å². The molecule has 2 N–H and O–H groups in total. The smallest absolute Gasteiger partial charge is 0.218 e. The molecule has 4 aromatic carbocycles. The van der Waals surface area contributed by atoms with E-state index in [9.17, 15) is 4.79 Å². The number of nitrogens with two attached hydrogens (primary N) is 1. The highest BCUT2D eigenvalue weighted by Crippen LogP contribution is 2.30. The summed E-state index contributed by atoms with van der Waals surface area (Å²) in [6.07, 6.45) is 0.271. The summed E-state index contributed by atoms with van der Waals surface area (Å²) in [4.78, 5) is 14.2. The largest absolute Gasteiger partial charge is 0.370 e. The standard InChI is InChI=1S/C30H29ClN2O/c1-33(20-22-5-3-2-4-6-22)21-23-7-9-26(10-8-23)29(19-30(32)34)27-13-11-24(12-14-27)25-15-17-28(31)18-16-25/h2-18,29H,19-21H2,1H3,(H2,32,34). The molecule has 1 unspecified atom stereocenters. The van der Waals surface area contributed by atoms with Crippen LogP contribution in [0.2, 0.25) is 5.02 Å². The fourth-order valence-electron chi connectivity index (χ4n) is 4.30. The summed E-state index contributed by atoms with van der Waals surface area (Å²) < 4.78 is 0. The average Bonchev–Trinajstić information content (AvgIpc) is 2.84. The van der Waals surface area contributed by atoms with Gasteiger partial charge in [0.15, 0.2) is 0 Å². The first-order valence-electron chi connectivity index (χ1n) is 11.4. The maximum absolute atomic E-state index is 11.9. The SMILES string of the molecule is CN(Cc1ccccc1)Cc1ccc(C(CC(N)=O)c2ccc(-c3ccc(Cl)cc3)cc2)cc1. The number of hydrogen-bond donors (Lipinski definition) is 1.